The van der Waals surface area contributed by atoms with Crippen LogP contribution in [0.5, 0.6) is 0 Å². The van der Waals surface area contributed by atoms with E-state index in [-0.39, 0.29) is 5.56 Å². The highest BCUT2D eigenvalue weighted by Gasteiger charge is 2.04. The molecule has 0 atom stereocenters. The lowest BCUT2D eigenvalue weighted by Crippen LogP contribution is -2.07. The number of fused-ring (bicyclic) bond motifs is 1. The van der Waals surface area contributed by atoms with E-state index in [2.05, 4.69) is 4.98 Å². The topological polar surface area (TPSA) is 37.3 Å². The summed E-state index contributed by atoms with van der Waals surface area (Å²) in [5.41, 5.74) is 2.92. The van der Waals surface area contributed by atoms with Crippen LogP contribution in [0, 0.1) is 13.8 Å². The fourth-order valence-electron chi connectivity index (χ4n) is 1.42. The third-order valence-corrected chi connectivity index (χ3v) is 2.20. The van der Waals surface area contributed by atoms with Gasteiger partial charge in [0, 0.05) is 18.6 Å². The van der Waals surface area contributed by atoms with Crippen molar-refractivity contribution in [2.75, 3.05) is 0 Å². The van der Waals surface area contributed by atoms with Gasteiger partial charge in [-0.15, -0.1) is 0 Å². The van der Waals surface area contributed by atoms with Gasteiger partial charge in [-0.05, 0) is 25.0 Å². The maximum Gasteiger partial charge on any atom is 0.272 e. The highest BCUT2D eigenvalue weighted by molar-refractivity contribution is 5.56. The van der Waals surface area contributed by atoms with Gasteiger partial charge in [-0.3, -0.25) is 4.79 Å². The van der Waals surface area contributed by atoms with E-state index in [1.807, 2.05) is 30.6 Å². The molecule has 0 saturated heterocycles. The molecule has 0 spiro atoms. The van der Waals surface area contributed by atoms with Crippen molar-refractivity contribution in [2.24, 2.45) is 0 Å². The number of aryl methyl sites for hydroxylation is 2. The number of hydrogen-bond donors (Lipinski definition) is 1. The van der Waals surface area contributed by atoms with Crippen molar-refractivity contribution in [1.29, 1.82) is 0 Å². The molecule has 0 saturated carbocycles. The lowest BCUT2D eigenvalue weighted by atomic mass is 10.2. The lowest BCUT2D eigenvalue weighted by molar-refractivity contribution is 1.10. The smallest absolute Gasteiger partial charge is 0.272 e. The maximum absolute atomic E-state index is 11.3. The average molecular weight is 162 g/mol. The van der Waals surface area contributed by atoms with Crippen LogP contribution >= 0.6 is 0 Å². The molecule has 12 heavy (non-hydrogen) atoms. The summed E-state index contributed by atoms with van der Waals surface area (Å²) in [7, 11) is 0. The van der Waals surface area contributed by atoms with Crippen LogP contribution < -0.4 is 5.56 Å². The van der Waals surface area contributed by atoms with Crippen LogP contribution in [0.15, 0.2) is 23.4 Å². The minimum Gasteiger partial charge on any atom is -0.326 e. The zero-order valence-corrected chi connectivity index (χ0v) is 7.09. The molecule has 0 unspecified atom stereocenters. The molecule has 2 rings (SSSR count). The van der Waals surface area contributed by atoms with Gasteiger partial charge in [0.25, 0.3) is 5.56 Å². The molecule has 3 nitrogen and oxygen atoms in total. The van der Waals surface area contributed by atoms with Crippen molar-refractivity contribution in [2.45, 2.75) is 13.8 Å². The van der Waals surface area contributed by atoms with Gasteiger partial charge >= 0.3 is 0 Å². The predicted octanol–water partition coefficient (Wildman–Crippen LogP) is 1.24. The Hall–Kier alpha value is -1.51. The molecule has 0 aliphatic carbocycles. The van der Waals surface area contributed by atoms with E-state index >= 15 is 0 Å². The molecule has 1 N–H and O–H groups in total. The first kappa shape index (κ1) is 7.16. The van der Waals surface area contributed by atoms with Crippen LogP contribution in [-0.4, -0.2) is 9.38 Å². The summed E-state index contributed by atoms with van der Waals surface area (Å²) in [6.07, 6.45) is 5.45. The van der Waals surface area contributed by atoms with Crippen LogP contribution in [0.2, 0.25) is 0 Å². The lowest BCUT2D eigenvalue weighted by Gasteiger charge is -1.91. The van der Waals surface area contributed by atoms with Gasteiger partial charge in [0.1, 0.15) is 5.52 Å². The Morgan fingerprint density at radius 2 is 2.17 bits per heavy atom. The van der Waals surface area contributed by atoms with Crippen LogP contribution in [0.4, 0.5) is 0 Å². The number of nitrogens with one attached hydrogen (secondary N) is 1. The minimum absolute atomic E-state index is 0.0249. The second kappa shape index (κ2) is 2.24. The largest absolute Gasteiger partial charge is 0.326 e. The molecule has 62 valence electrons. The molecule has 0 amide bonds. The first-order valence-corrected chi connectivity index (χ1v) is 3.85. The first-order valence-electron chi connectivity index (χ1n) is 3.85. The fourth-order valence-corrected chi connectivity index (χ4v) is 1.42. The Balaban J connectivity index is 3.07. The van der Waals surface area contributed by atoms with Gasteiger partial charge in [-0.25, -0.2) is 0 Å². The summed E-state index contributed by atoms with van der Waals surface area (Å²) in [5, 5.41) is 0. The standard InChI is InChI=1S/C9H10N2O/c1-6-5-11-4-3-10-9(12)8(11)7(6)2/h3-5H,1-2H3,(H,10,12). The third-order valence-electron chi connectivity index (χ3n) is 2.20. The van der Waals surface area contributed by atoms with E-state index in [9.17, 15) is 4.79 Å². The van der Waals surface area contributed by atoms with Crippen molar-refractivity contribution < 1.29 is 0 Å². The quantitative estimate of drug-likeness (QED) is 0.621. The summed E-state index contributed by atoms with van der Waals surface area (Å²) < 4.78 is 1.85. The maximum atomic E-state index is 11.3. The van der Waals surface area contributed by atoms with Crippen molar-refractivity contribution in [3.8, 4) is 0 Å². The van der Waals surface area contributed by atoms with Crippen molar-refractivity contribution >= 4 is 5.52 Å². The van der Waals surface area contributed by atoms with Gasteiger partial charge in [0.05, 0.1) is 0 Å². The summed E-state index contributed by atoms with van der Waals surface area (Å²) in [6.45, 7) is 3.96. The molecule has 2 aromatic heterocycles. The zero-order valence-electron chi connectivity index (χ0n) is 7.09. The van der Waals surface area contributed by atoms with Crippen molar-refractivity contribution in [3.63, 3.8) is 0 Å². The number of rotatable bonds is 0. The number of nitrogens with zero attached hydrogens (tertiary/aromatic N) is 1. The van der Waals surface area contributed by atoms with Crippen molar-refractivity contribution in [1.82, 2.24) is 9.38 Å². The summed E-state index contributed by atoms with van der Waals surface area (Å²) in [4.78, 5) is 14.0. The third kappa shape index (κ3) is 0.794. The fraction of sp³-hybridized carbons (Fsp3) is 0.222. The molecule has 2 heterocycles. The Morgan fingerprint density at radius 1 is 1.42 bits per heavy atom. The van der Waals surface area contributed by atoms with E-state index in [0.717, 1.165) is 16.6 Å². The highest BCUT2D eigenvalue weighted by Crippen LogP contribution is 2.11. The molecule has 0 fully saturated rings. The van der Waals surface area contributed by atoms with Crippen LogP contribution in [0.1, 0.15) is 11.1 Å². The normalized spacial score (nSPS) is 10.8. The Labute approximate surface area is 69.7 Å². The molecule has 0 aromatic carbocycles. The van der Waals surface area contributed by atoms with E-state index in [1.54, 1.807) is 6.20 Å². The predicted molar refractivity (Wildman–Crippen MR) is 47.5 cm³/mol. The SMILES string of the molecule is Cc1cn2cc[nH]c(=O)c2c1C. The van der Waals surface area contributed by atoms with E-state index in [0.29, 0.717) is 0 Å². The van der Waals surface area contributed by atoms with Gasteiger partial charge in [-0.2, -0.15) is 0 Å². The number of hydrogen-bond acceptors (Lipinski definition) is 1. The van der Waals surface area contributed by atoms with Gasteiger partial charge in [0.2, 0.25) is 0 Å². The van der Waals surface area contributed by atoms with Gasteiger partial charge in [0.15, 0.2) is 0 Å². The minimum atomic E-state index is -0.0249. The molecular weight excluding hydrogens is 152 g/mol. The van der Waals surface area contributed by atoms with Gasteiger partial charge < -0.3 is 9.38 Å². The van der Waals surface area contributed by atoms with Crippen molar-refractivity contribution in [3.05, 3.63) is 40.1 Å². The zero-order chi connectivity index (χ0) is 8.72. The summed E-state index contributed by atoms with van der Waals surface area (Å²) in [6, 6.07) is 0. The molecule has 0 radical (unpaired) electrons. The molecule has 0 aliphatic heterocycles. The Bertz CT molecular complexity index is 479. The molecular formula is C9H10N2O. The second-order valence-electron chi connectivity index (χ2n) is 2.98. The second-order valence-corrected chi connectivity index (χ2v) is 2.98. The number of H-pyrrole nitrogens is 1. The van der Waals surface area contributed by atoms with E-state index in [1.165, 1.54) is 0 Å². The molecule has 3 heteroatoms. The number of aromatic amines is 1. The summed E-state index contributed by atoms with van der Waals surface area (Å²) in [5.74, 6) is 0. The van der Waals surface area contributed by atoms with Crippen LogP contribution in [0.3, 0.4) is 0 Å². The average Bonchev–Trinajstić information content (AvgIpc) is 2.29. The van der Waals surface area contributed by atoms with Crippen LogP contribution in [-0.2, 0) is 0 Å². The molecule has 0 aliphatic rings. The van der Waals surface area contributed by atoms with E-state index < -0.39 is 0 Å². The molecule has 2 aromatic rings. The Kier molecular flexibility index (Phi) is 1.33. The van der Waals surface area contributed by atoms with Crippen LogP contribution in [0.25, 0.3) is 5.52 Å². The first-order chi connectivity index (χ1) is 5.70. The Morgan fingerprint density at radius 3 is 2.83 bits per heavy atom. The summed E-state index contributed by atoms with van der Waals surface area (Å²) >= 11 is 0. The number of aromatic nitrogens is 2. The molecule has 0 bridgehead atoms. The van der Waals surface area contributed by atoms with E-state index in [4.69, 9.17) is 0 Å². The van der Waals surface area contributed by atoms with Gasteiger partial charge in [-0.1, -0.05) is 0 Å². The highest BCUT2D eigenvalue weighted by atomic mass is 16.1. The monoisotopic (exact) mass is 162 g/mol.